The third-order valence-electron chi connectivity index (χ3n) is 2.33. The fourth-order valence-electron chi connectivity index (χ4n) is 1.33. The first kappa shape index (κ1) is 11.4. The van der Waals surface area contributed by atoms with Crippen LogP contribution in [-0.2, 0) is 9.47 Å². The SMILES string of the molecule is C[C@@H](OC[C@H]1CO1)c1cc(Cl)ccc1Br. The summed E-state index contributed by atoms with van der Waals surface area (Å²) in [6, 6.07) is 5.71. The summed E-state index contributed by atoms with van der Waals surface area (Å²) in [7, 11) is 0. The second-order valence-electron chi connectivity index (χ2n) is 3.60. The monoisotopic (exact) mass is 290 g/mol. The topological polar surface area (TPSA) is 21.8 Å². The van der Waals surface area contributed by atoms with Gasteiger partial charge in [0.1, 0.15) is 6.10 Å². The van der Waals surface area contributed by atoms with Gasteiger partial charge in [-0.25, -0.2) is 0 Å². The lowest BCUT2D eigenvalue weighted by Gasteiger charge is -2.14. The van der Waals surface area contributed by atoms with E-state index in [-0.39, 0.29) is 6.10 Å². The summed E-state index contributed by atoms with van der Waals surface area (Å²) in [6.07, 6.45) is 0.327. The average Bonchev–Trinajstić information content (AvgIpc) is 3.02. The van der Waals surface area contributed by atoms with E-state index in [0.29, 0.717) is 12.7 Å². The van der Waals surface area contributed by atoms with Crippen LogP contribution in [0.1, 0.15) is 18.6 Å². The Morgan fingerprint density at radius 1 is 1.67 bits per heavy atom. The molecule has 4 heteroatoms. The molecule has 0 aromatic heterocycles. The van der Waals surface area contributed by atoms with Crippen LogP contribution in [0.5, 0.6) is 0 Å². The molecule has 1 saturated heterocycles. The van der Waals surface area contributed by atoms with Crippen molar-refractivity contribution in [3.8, 4) is 0 Å². The number of hydrogen-bond donors (Lipinski definition) is 0. The molecule has 2 atom stereocenters. The first-order chi connectivity index (χ1) is 7.16. The quantitative estimate of drug-likeness (QED) is 0.791. The van der Waals surface area contributed by atoms with Crippen LogP contribution in [0, 0.1) is 0 Å². The maximum atomic E-state index is 5.93. The van der Waals surface area contributed by atoms with E-state index < -0.39 is 0 Å². The molecule has 1 aromatic rings. The van der Waals surface area contributed by atoms with Crippen molar-refractivity contribution in [3.63, 3.8) is 0 Å². The van der Waals surface area contributed by atoms with Gasteiger partial charge in [-0.1, -0.05) is 27.5 Å². The van der Waals surface area contributed by atoms with Crippen molar-refractivity contribution in [1.82, 2.24) is 0 Å². The Kier molecular flexibility index (Phi) is 3.67. The molecule has 1 aliphatic rings. The lowest BCUT2D eigenvalue weighted by molar-refractivity contribution is 0.0535. The fraction of sp³-hybridized carbons (Fsp3) is 0.455. The van der Waals surface area contributed by atoms with E-state index in [4.69, 9.17) is 21.1 Å². The number of hydrogen-bond acceptors (Lipinski definition) is 2. The van der Waals surface area contributed by atoms with Crippen LogP contribution in [0.3, 0.4) is 0 Å². The smallest absolute Gasteiger partial charge is 0.104 e. The first-order valence-corrected chi connectivity index (χ1v) is 6.02. The Hall–Kier alpha value is -0.0900. The molecule has 1 heterocycles. The molecule has 0 N–H and O–H groups in total. The number of ether oxygens (including phenoxy) is 2. The number of benzene rings is 1. The second-order valence-corrected chi connectivity index (χ2v) is 4.89. The highest BCUT2D eigenvalue weighted by molar-refractivity contribution is 9.10. The minimum absolute atomic E-state index is 0.0299. The maximum Gasteiger partial charge on any atom is 0.104 e. The van der Waals surface area contributed by atoms with Crippen molar-refractivity contribution in [1.29, 1.82) is 0 Å². The molecule has 0 saturated carbocycles. The van der Waals surface area contributed by atoms with Crippen molar-refractivity contribution in [2.45, 2.75) is 19.1 Å². The van der Waals surface area contributed by atoms with Gasteiger partial charge < -0.3 is 9.47 Å². The minimum atomic E-state index is 0.0299. The predicted molar refractivity (Wildman–Crippen MR) is 63.3 cm³/mol. The Labute approximate surface area is 103 Å². The Morgan fingerprint density at radius 2 is 2.40 bits per heavy atom. The molecule has 0 unspecified atom stereocenters. The summed E-state index contributed by atoms with van der Waals surface area (Å²) in [5.74, 6) is 0. The zero-order valence-electron chi connectivity index (χ0n) is 8.37. The van der Waals surface area contributed by atoms with Crippen LogP contribution in [0.25, 0.3) is 0 Å². The average molecular weight is 292 g/mol. The lowest BCUT2D eigenvalue weighted by atomic mass is 10.1. The molecular weight excluding hydrogens is 279 g/mol. The Morgan fingerprint density at radius 3 is 3.07 bits per heavy atom. The normalized spacial score (nSPS) is 21.4. The molecular formula is C11H12BrClO2. The number of epoxide rings is 1. The highest BCUT2D eigenvalue weighted by atomic mass is 79.9. The van der Waals surface area contributed by atoms with Crippen LogP contribution in [-0.4, -0.2) is 19.3 Å². The fourth-order valence-corrected chi connectivity index (χ4v) is 2.08. The highest BCUT2D eigenvalue weighted by Gasteiger charge is 2.24. The third kappa shape index (κ3) is 3.18. The molecule has 1 fully saturated rings. The maximum absolute atomic E-state index is 5.93. The van der Waals surface area contributed by atoms with Gasteiger partial charge in [-0.15, -0.1) is 0 Å². The van der Waals surface area contributed by atoms with Crippen molar-refractivity contribution in [2.75, 3.05) is 13.2 Å². The van der Waals surface area contributed by atoms with Crippen LogP contribution < -0.4 is 0 Å². The summed E-state index contributed by atoms with van der Waals surface area (Å²) in [5, 5.41) is 0.728. The first-order valence-electron chi connectivity index (χ1n) is 4.85. The lowest BCUT2D eigenvalue weighted by Crippen LogP contribution is -2.06. The Balaban J connectivity index is 2.02. The summed E-state index contributed by atoms with van der Waals surface area (Å²) in [5.41, 5.74) is 1.07. The van der Waals surface area contributed by atoms with E-state index in [1.54, 1.807) is 0 Å². The van der Waals surface area contributed by atoms with Crippen molar-refractivity contribution in [3.05, 3.63) is 33.3 Å². The van der Waals surface area contributed by atoms with E-state index in [1.807, 2.05) is 25.1 Å². The minimum Gasteiger partial charge on any atom is -0.371 e. The van der Waals surface area contributed by atoms with Gasteiger partial charge in [0.25, 0.3) is 0 Å². The van der Waals surface area contributed by atoms with Gasteiger partial charge in [0, 0.05) is 9.50 Å². The van der Waals surface area contributed by atoms with Crippen LogP contribution in [0.4, 0.5) is 0 Å². The van der Waals surface area contributed by atoms with Gasteiger partial charge in [0.2, 0.25) is 0 Å². The third-order valence-corrected chi connectivity index (χ3v) is 3.29. The molecule has 2 rings (SSSR count). The molecule has 1 aliphatic heterocycles. The van der Waals surface area contributed by atoms with Crippen LogP contribution in [0.2, 0.25) is 5.02 Å². The van der Waals surface area contributed by atoms with Crippen molar-refractivity contribution < 1.29 is 9.47 Å². The summed E-state index contributed by atoms with van der Waals surface area (Å²) >= 11 is 9.42. The van der Waals surface area contributed by atoms with E-state index in [1.165, 1.54) is 0 Å². The second kappa shape index (κ2) is 4.83. The van der Waals surface area contributed by atoms with Gasteiger partial charge in [0.15, 0.2) is 0 Å². The standard InChI is InChI=1S/C11H12BrClO2/c1-7(14-5-9-6-15-9)10-4-8(13)2-3-11(10)12/h2-4,7,9H,5-6H2,1H3/t7-,9+/m1/s1. The van der Waals surface area contributed by atoms with E-state index >= 15 is 0 Å². The highest BCUT2D eigenvalue weighted by Crippen LogP contribution is 2.29. The van der Waals surface area contributed by atoms with E-state index in [2.05, 4.69) is 15.9 Å². The molecule has 2 nitrogen and oxygen atoms in total. The Bertz CT molecular complexity index is 352. The zero-order valence-corrected chi connectivity index (χ0v) is 10.7. The van der Waals surface area contributed by atoms with E-state index in [9.17, 15) is 0 Å². The van der Waals surface area contributed by atoms with Gasteiger partial charge in [-0.3, -0.25) is 0 Å². The van der Waals surface area contributed by atoms with Gasteiger partial charge >= 0.3 is 0 Å². The van der Waals surface area contributed by atoms with Crippen molar-refractivity contribution >= 4 is 27.5 Å². The van der Waals surface area contributed by atoms with Crippen molar-refractivity contribution in [2.24, 2.45) is 0 Å². The molecule has 0 bridgehead atoms. The number of rotatable bonds is 4. The molecule has 0 spiro atoms. The van der Waals surface area contributed by atoms with Gasteiger partial charge in [-0.2, -0.15) is 0 Å². The predicted octanol–water partition coefficient (Wildman–Crippen LogP) is 3.58. The van der Waals surface area contributed by atoms with E-state index in [0.717, 1.165) is 21.7 Å². The molecule has 15 heavy (non-hydrogen) atoms. The number of halogens is 2. The summed E-state index contributed by atoms with van der Waals surface area (Å²) < 4.78 is 11.8. The van der Waals surface area contributed by atoms with Crippen LogP contribution in [0.15, 0.2) is 22.7 Å². The summed E-state index contributed by atoms with van der Waals surface area (Å²) in [4.78, 5) is 0. The molecule has 0 aliphatic carbocycles. The van der Waals surface area contributed by atoms with Crippen LogP contribution >= 0.6 is 27.5 Å². The molecule has 82 valence electrons. The largest absolute Gasteiger partial charge is 0.371 e. The molecule has 1 aromatic carbocycles. The zero-order chi connectivity index (χ0) is 10.8. The van der Waals surface area contributed by atoms with Gasteiger partial charge in [-0.05, 0) is 30.7 Å². The summed E-state index contributed by atoms with van der Waals surface area (Å²) in [6.45, 7) is 3.49. The molecule has 0 radical (unpaired) electrons. The van der Waals surface area contributed by atoms with Gasteiger partial charge in [0.05, 0.1) is 19.3 Å². The molecule has 0 amide bonds.